The van der Waals surface area contributed by atoms with Crippen LogP contribution in [0.15, 0.2) is 4.99 Å². The van der Waals surface area contributed by atoms with E-state index in [0.29, 0.717) is 12.0 Å². The van der Waals surface area contributed by atoms with Crippen LogP contribution < -0.4 is 10.6 Å². The maximum absolute atomic E-state index is 5.43. The quantitative estimate of drug-likeness (QED) is 0.338. The third kappa shape index (κ3) is 7.66. The summed E-state index contributed by atoms with van der Waals surface area (Å²) in [6.07, 6.45) is 8.18. The van der Waals surface area contributed by atoms with E-state index in [1.807, 2.05) is 7.05 Å². The Balaban J connectivity index is 0.00000261. The van der Waals surface area contributed by atoms with Gasteiger partial charge in [0.15, 0.2) is 5.96 Å². The van der Waals surface area contributed by atoms with E-state index in [0.717, 1.165) is 51.4 Å². The molecule has 2 heterocycles. The molecule has 0 spiro atoms. The largest absolute Gasteiger partial charge is 0.379 e. The molecule has 1 unspecified atom stereocenters. The van der Waals surface area contributed by atoms with Gasteiger partial charge in [0.1, 0.15) is 0 Å². The molecule has 2 saturated heterocycles. The smallest absolute Gasteiger partial charge is 0.191 e. The standard InChI is InChI=1S/C20H39N5O.HI/c1-17(16-24-11-13-26-14-12-24)15-22-20(21-2)23-18-7-9-25(10-8-18)19-5-3-4-6-19;/h17-19H,3-16H2,1-2H3,(H2,21,22,23);1H. The summed E-state index contributed by atoms with van der Waals surface area (Å²) in [7, 11) is 1.88. The van der Waals surface area contributed by atoms with Crippen molar-refractivity contribution in [1.29, 1.82) is 0 Å². The number of nitrogens with one attached hydrogen (secondary N) is 2. The van der Waals surface area contributed by atoms with Gasteiger partial charge >= 0.3 is 0 Å². The second-order valence-corrected chi connectivity index (χ2v) is 8.36. The molecule has 0 amide bonds. The Labute approximate surface area is 182 Å². The third-order valence-electron chi connectivity index (χ3n) is 6.23. The van der Waals surface area contributed by atoms with Crippen LogP contribution in [0.4, 0.5) is 0 Å². The molecule has 6 nitrogen and oxygen atoms in total. The van der Waals surface area contributed by atoms with E-state index in [-0.39, 0.29) is 24.0 Å². The van der Waals surface area contributed by atoms with Gasteiger partial charge in [-0.2, -0.15) is 0 Å². The molecule has 158 valence electrons. The normalized spacial score (nSPS) is 25.2. The first-order chi connectivity index (χ1) is 12.7. The lowest BCUT2D eigenvalue weighted by Crippen LogP contribution is -2.51. The SMILES string of the molecule is CN=C(NCC(C)CN1CCOCC1)NC1CCN(C2CCCC2)CC1.I. The number of likely N-dealkylation sites (tertiary alicyclic amines) is 1. The molecule has 2 N–H and O–H groups in total. The van der Waals surface area contributed by atoms with Crippen molar-refractivity contribution >= 4 is 29.9 Å². The Bertz CT molecular complexity index is 430. The van der Waals surface area contributed by atoms with E-state index in [1.165, 1.54) is 51.6 Å². The van der Waals surface area contributed by atoms with Gasteiger partial charge in [-0.25, -0.2) is 0 Å². The molecule has 0 radical (unpaired) electrons. The lowest BCUT2D eigenvalue weighted by atomic mass is 10.0. The highest BCUT2D eigenvalue weighted by molar-refractivity contribution is 14.0. The monoisotopic (exact) mass is 493 g/mol. The van der Waals surface area contributed by atoms with Crippen LogP contribution in [-0.2, 0) is 4.74 Å². The predicted molar refractivity (Wildman–Crippen MR) is 123 cm³/mol. The topological polar surface area (TPSA) is 52.1 Å². The summed E-state index contributed by atoms with van der Waals surface area (Å²) in [5.41, 5.74) is 0. The maximum Gasteiger partial charge on any atom is 0.191 e. The number of morpholine rings is 1. The van der Waals surface area contributed by atoms with Crippen molar-refractivity contribution < 1.29 is 4.74 Å². The first kappa shape index (κ1) is 23.2. The Morgan fingerprint density at radius 3 is 2.37 bits per heavy atom. The number of guanidine groups is 1. The number of halogens is 1. The molecule has 1 saturated carbocycles. The van der Waals surface area contributed by atoms with Crippen molar-refractivity contribution in [2.75, 3.05) is 59.5 Å². The summed E-state index contributed by atoms with van der Waals surface area (Å²) in [5.74, 6) is 1.58. The minimum Gasteiger partial charge on any atom is -0.379 e. The van der Waals surface area contributed by atoms with Crippen molar-refractivity contribution in [2.45, 2.75) is 57.5 Å². The first-order valence-electron chi connectivity index (χ1n) is 10.8. The second kappa shape index (κ2) is 12.4. The molecular formula is C20H40IN5O. The number of hydrogen-bond donors (Lipinski definition) is 2. The summed E-state index contributed by atoms with van der Waals surface area (Å²) in [5, 5.41) is 7.19. The first-order valence-corrected chi connectivity index (χ1v) is 10.8. The molecule has 1 aliphatic carbocycles. The van der Waals surface area contributed by atoms with Crippen LogP contribution in [-0.4, -0.2) is 87.4 Å². The van der Waals surface area contributed by atoms with Crippen LogP contribution in [0.2, 0.25) is 0 Å². The van der Waals surface area contributed by atoms with E-state index in [9.17, 15) is 0 Å². The Kier molecular flexibility index (Phi) is 10.7. The number of nitrogens with zero attached hydrogens (tertiary/aromatic N) is 3. The van der Waals surface area contributed by atoms with Gasteiger partial charge in [-0.1, -0.05) is 19.8 Å². The van der Waals surface area contributed by atoms with E-state index < -0.39 is 0 Å². The Morgan fingerprint density at radius 1 is 1.07 bits per heavy atom. The molecule has 1 atom stereocenters. The number of ether oxygens (including phenoxy) is 1. The fourth-order valence-corrected chi connectivity index (χ4v) is 4.63. The molecule has 0 aromatic rings. The van der Waals surface area contributed by atoms with Crippen molar-refractivity contribution in [1.82, 2.24) is 20.4 Å². The van der Waals surface area contributed by atoms with E-state index in [4.69, 9.17) is 4.74 Å². The minimum atomic E-state index is 0. The number of aliphatic imine (C=N–C) groups is 1. The highest BCUT2D eigenvalue weighted by Gasteiger charge is 2.27. The zero-order valence-electron chi connectivity index (χ0n) is 17.3. The summed E-state index contributed by atoms with van der Waals surface area (Å²) < 4.78 is 5.43. The molecule has 3 rings (SSSR count). The summed E-state index contributed by atoms with van der Waals surface area (Å²) in [6, 6.07) is 1.43. The Morgan fingerprint density at radius 2 is 1.74 bits per heavy atom. The van der Waals surface area contributed by atoms with Crippen molar-refractivity contribution in [3.05, 3.63) is 0 Å². The molecular weight excluding hydrogens is 453 g/mol. The average Bonchev–Trinajstić information content (AvgIpc) is 3.21. The van der Waals surface area contributed by atoms with Gasteiger partial charge in [-0.3, -0.25) is 9.89 Å². The van der Waals surface area contributed by atoms with Crippen LogP contribution in [0.1, 0.15) is 45.4 Å². The van der Waals surface area contributed by atoms with Crippen molar-refractivity contribution in [3.8, 4) is 0 Å². The molecule has 3 aliphatic rings. The minimum absolute atomic E-state index is 0. The molecule has 27 heavy (non-hydrogen) atoms. The lowest BCUT2D eigenvalue weighted by Gasteiger charge is -2.36. The predicted octanol–water partition coefficient (Wildman–Crippen LogP) is 2.14. The van der Waals surface area contributed by atoms with Crippen LogP contribution in [0.25, 0.3) is 0 Å². The van der Waals surface area contributed by atoms with Gasteiger partial charge in [0.05, 0.1) is 13.2 Å². The van der Waals surface area contributed by atoms with Crippen LogP contribution in [0, 0.1) is 5.92 Å². The summed E-state index contributed by atoms with van der Waals surface area (Å²) in [6.45, 7) is 10.8. The second-order valence-electron chi connectivity index (χ2n) is 8.36. The molecule has 0 aromatic carbocycles. The zero-order chi connectivity index (χ0) is 18.2. The maximum atomic E-state index is 5.43. The van der Waals surface area contributed by atoms with Crippen molar-refractivity contribution in [3.63, 3.8) is 0 Å². The molecule has 7 heteroatoms. The van der Waals surface area contributed by atoms with Crippen LogP contribution >= 0.6 is 24.0 Å². The number of rotatable bonds is 6. The molecule has 0 bridgehead atoms. The molecule has 2 aliphatic heterocycles. The summed E-state index contributed by atoms with van der Waals surface area (Å²) in [4.78, 5) is 9.68. The van der Waals surface area contributed by atoms with Gasteiger partial charge in [0.25, 0.3) is 0 Å². The number of hydrogen-bond acceptors (Lipinski definition) is 4. The van der Waals surface area contributed by atoms with Gasteiger partial charge in [-0.05, 0) is 31.6 Å². The Hall–Kier alpha value is -0.120. The van der Waals surface area contributed by atoms with E-state index in [2.05, 4.69) is 32.3 Å². The average molecular weight is 493 g/mol. The summed E-state index contributed by atoms with van der Waals surface area (Å²) >= 11 is 0. The van der Waals surface area contributed by atoms with Gasteiger partial charge < -0.3 is 20.3 Å². The van der Waals surface area contributed by atoms with Gasteiger partial charge in [0, 0.05) is 58.4 Å². The fourth-order valence-electron chi connectivity index (χ4n) is 4.63. The van der Waals surface area contributed by atoms with E-state index in [1.54, 1.807) is 0 Å². The van der Waals surface area contributed by atoms with Crippen LogP contribution in [0.5, 0.6) is 0 Å². The lowest BCUT2D eigenvalue weighted by molar-refractivity contribution is 0.0320. The molecule has 3 fully saturated rings. The third-order valence-corrected chi connectivity index (χ3v) is 6.23. The molecule has 0 aromatic heterocycles. The number of piperidine rings is 1. The van der Waals surface area contributed by atoms with E-state index >= 15 is 0 Å². The fraction of sp³-hybridized carbons (Fsp3) is 0.950. The van der Waals surface area contributed by atoms with Gasteiger partial charge in [-0.15, -0.1) is 24.0 Å². The van der Waals surface area contributed by atoms with Crippen molar-refractivity contribution in [2.24, 2.45) is 10.9 Å². The van der Waals surface area contributed by atoms with Crippen LogP contribution in [0.3, 0.4) is 0 Å². The van der Waals surface area contributed by atoms with Gasteiger partial charge in [0.2, 0.25) is 0 Å². The highest BCUT2D eigenvalue weighted by atomic mass is 127. The zero-order valence-corrected chi connectivity index (χ0v) is 19.6. The highest BCUT2D eigenvalue weighted by Crippen LogP contribution is 2.26.